The number of aliphatic hydroxyl groups is 1. The van der Waals surface area contributed by atoms with Gasteiger partial charge in [0.2, 0.25) is 0 Å². The minimum atomic E-state index is -0.639. The molecular weight excluding hydrogens is 653 g/mol. The van der Waals surface area contributed by atoms with Crippen LogP contribution in [-0.4, -0.2) is 98.3 Å². The Hall–Kier alpha value is 2.56. The summed E-state index contributed by atoms with van der Waals surface area (Å²) in [6.45, 7) is 2.13. The SMILES string of the molecule is CCCC[S+]([O-])CCSCSCSCCSC(=O)CCSCSCSCCC(=O)OCSCSCO. The molecule has 0 aromatic rings. The molecule has 1 unspecified atom stereocenters. The normalized spacial score (nSPS) is 12.1. The van der Waals surface area contributed by atoms with Gasteiger partial charge in [0.1, 0.15) is 17.4 Å². The lowest BCUT2D eigenvalue weighted by Gasteiger charge is -2.09. The van der Waals surface area contributed by atoms with Gasteiger partial charge >= 0.3 is 5.97 Å². The number of thioether (sulfide) groups is 9. The Balaban J connectivity index is 3.27. The fraction of sp³-hybridized carbons (Fsp3) is 0.905. The van der Waals surface area contributed by atoms with Crippen molar-refractivity contribution in [2.24, 2.45) is 0 Å². The molecule has 1 N–H and O–H groups in total. The number of unbranched alkanes of at least 4 members (excludes halogenated alkanes) is 1. The summed E-state index contributed by atoms with van der Waals surface area (Å²) in [5.41, 5.74) is 0. The van der Waals surface area contributed by atoms with Crippen molar-refractivity contribution in [1.29, 1.82) is 0 Å². The van der Waals surface area contributed by atoms with Gasteiger partial charge in [0, 0.05) is 60.6 Å². The number of esters is 1. The van der Waals surface area contributed by atoms with E-state index in [1.165, 1.54) is 35.3 Å². The standard InChI is InChI=1S/C21H40O5S10/c1-2-3-11-36(25)12-10-30-18-34-17-29-8-9-35-21(24)5-7-28-16-33-15-27-6-4-20(23)26-14-32-19-31-13-22/h22H,2-19H2,1H3. The molecule has 0 bridgehead atoms. The summed E-state index contributed by atoms with van der Waals surface area (Å²) in [5, 5.41) is 13.7. The van der Waals surface area contributed by atoms with Crippen molar-refractivity contribution in [3.05, 3.63) is 0 Å². The second-order valence-corrected chi connectivity index (χ2v) is 19.7. The number of hydrogen-bond acceptors (Lipinski definition) is 14. The Bertz CT molecular complexity index is 508. The summed E-state index contributed by atoms with van der Waals surface area (Å²) in [4.78, 5) is 23.5. The number of hydrogen-bond donors (Lipinski definition) is 1. The number of ether oxygens (including phenoxy) is 1. The Morgan fingerprint density at radius 3 is 2.03 bits per heavy atom. The van der Waals surface area contributed by atoms with Crippen LogP contribution in [0.1, 0.15) is 32.6 Å². The first kappa shape index (κ1) is 38.6. The third-order valence-corrected chi connectivity index (χ3v) is 15.8. The van der Waals surface area contributed by atoms with E-state index in [0.717, 1.165) is 78.5 Å². The molecule has 0 spiro atoms. The van der Waals surface area contributed by atoms with Crippen LogP contribution in [0.5, 0.6) is 0 Å². The topological polar surface area (TPSA) is 86.7 Å². The zero-order valence-corrected chi connectivity index (χ0v) is 29.1. The highest BCUT2D eigenvalue weighted by molar-refractivity contribution is 8.23. The van der Waals surface area contributed by atoms with Crippen LogP contribution in [0.3, 0.4) is 0 Å². The second-order valence-electron chi connectivity index (χ2n) is 6.72. The van der Waals surface area contributed by atoms with E-state index in [4.69, 9.17) is 9.84 Å². The van der Waals surface area contributed by atoms with Crippen molar-refractivity contribution in [1.82, 2.24) is 0 Å². The summed E-state index contributed by atoms with van der Waals surface area (Å²) in [6.07, 6.45) is 3.23. The third-order valence-electron chi connectivity index (χ3n) is 3.80. The predicted octanol–water partition coefficient (Wildman–Crippen LogP) is 6.68. The molecule has 0 amide bonds. The summed E-state index contributed by atoms with van der Waals surface area (Å²) >= 11 is 14.7. The monoisotopic (exact) mass is 692 g/mol. The summed E-state index contributed by atoms with van der Waals surface area (Å²) < 4.78 is 16.8. The van der Waals surface area contributed by atoms with Gasteiger partial charge in [-0.15, -0.1) is 58.8 Å². The van der Waals surface area contributed by atoms with Crippen molar-refractivity contribution in [3.63, 3.8) is 0 Å². The summed E-state index contributed by atoms with van der Waals surface area (Å²) in [6, 6.07) is 0. The first-order valence-corrected chi connectivity index (χ1v) is 23.2. The maximum absolute atomic E-state index is 12.0. The summed E-state index contributed by atoms with van der Waals surface area (Å²) in [5.74, 6) is 6.44. The molecule has 15 heteroatoms. The van der Waals surface area contributed by atoms with Crippen LogP contribution in [0.15, 0.2) is 0 Å². The highest BCUT2D eigenvalue weighted by Gasteiger charge is 2.06. The number of aliphatic hydroxyl groups excluding tert-OH is 1. The Labute approximate surface area is 259 Å². The van der Waals surface area contributed by atoms with Gasteiger partial charge in [-0.25, -0.2) is 0 Å². The van der Waals surface area contributed by atoms with Crippen molar-refractivity contribution < 1.29 is 24.0 Å². The molecule has 0 aromatic heterocycles. The average molecular weight is 693 g/mol. The highest BCUT2D eigenvalue weighted by atomic mass is 32.2. The van der Waals surface area contributed by atoms with Crippen LogP contribution in [0.25, 0.3) is 0 Å². The van der Waals surface area contributed by atoms with Gasteiger partial charge in [-0.1, -0.05) is 36.3 Å². The lowest BCUT2D eigenvalue weighted by molar-refractivity contribution is -0.140. The Kier molecular flexibility index (Phi) is 34.4. The molecule has 0 saturated carbocycles. The van der Waals surface area contributed by atoms with Crippen molar-refractivity contribution in [2.45, 2.75) is 32.6 Å². The predicted molar refractivity (Wildman–Crippen MR) is 182 cm³/mol. The van der Waals surface area contributed by atoms with Crippen molar-refractivity contribution in [2.75, 3.05) is 77.6 Å². The van der Waals surface area contributed by atoms with Gasteiger partial charge in [-0.3, -0.25) is 9.59 Å². The summed E-state index contributed by atoms with van der Waals surface area (Å²) in [7, 11) is 0. The maximum atomic E-state index is 12.0. The highest BCUT2D eigenvalue weighted by Crippen LogP contribution is 2.22. The zero-order chi connectivity index (χ0) is 26.5. The molecule has 0 aliphatic carbocycles. The van der Waals surface area contributed by atoms with E-state index >= 15 is 0 Å². The van der Waals surface area contributed by atoms with Crippen LogP contribution >= 0.6 is 106 Å². The van der Waals surface area contributed by atoms with Crippen LogP contribution in [-0.2, 0) is 25.5 Å². The van der Waals surface area contributed by atoms with E-state index in [2.05, 4.69) is 6.92 Å². The van der Waals surface area contributed by atoms with E-state index in [1.807, 2.05) is 47.0 Å². The van der Waals surface area contributed by atoms with Gasteiger partial charge in [0.15, 0.2) is 5.12 Å². The number of rotatable bonds is 28. The third kappa shape index (κ3) is 31.1. The van der Waals surface area contributed by atoms with Gasteiger partial charge in [-0.2, -0.15) is 35.3 Å². The zero-order valence-electron chi connectivity index (χ0n) is 20.9. The fourth-order valence-corrected chi connectivity index (χ4v) is 12.9. The van der Waals surface area contributed by atoms with Crippen LogP contribution in [0.4, 0.5) is 0 Å². The molecule has 0 fully saturated rings. The second kappa shape index (κ2) is 32.1. The van der Waals surface area contributed by atoms with Crippen molar-refractivity contribution >= 4 is 128 Å². The molecule has 0 aliphatic rings. The van der Waals surface area contributed by atoms with E-state index in [1.54, 1.807) is 23.5 Å². The molecule has 0 aromatic carbocycles. The molecular formula is C21H40O5S10. The van der Waals surface area contributed by atoms with E-state index in [0.29, 0.717) is 18.8 Å². The molecule has 0 rings (SSSR count). The molecule has 36 heavy (non-hydrogen) atoms. The smallest absolute Gasteiger partial charge is 0.307 e. The van der Waals surface area contributed by atoms with Crippen LogP contribution < -0.4 is 0 Å². The van der Waals surface area contributed by atoms with Crippen molar-refractivity contribution in [3.8, 4) is 0 Å². The van der Waals surface area contributed by atoms with Crippen LogP contribution in [0, 0.1) is 0 Å². The lowest BCUT2D eigenvalue weighted by atomic mass is 10.4. The maximum Gasteiger partial charge on any atom is 0.307 e. The van der Waals surface area contributed by atoms with Crippen LogP contribution in [0.2, 0.25) is 0 Å². The Morgan fingerprint density at radius 1 is 0.750 bits per heavy atom. The molecule has 214 valence electrons. The van der Waals surface area contributed by atoms with E-state index in [-0.39, 0.29) is 17.0 Å². The van der Waals surface area contributed by atoms with Gasteiger partial charge in [0.25, 0.3) is 0 Å². The first-order valence-electron chi connectivity index (χ1n) is 11.5. The molecule has 0 radical (unpaired) electrons. The fourth-order valence-electron chi connectivity index (χ4n) is 2.01. The lowest BCUT2D eigenvalue weighted by Crippen LogP contribution is -2.12. The number of carbonyl (C=O) groups excluding carboxylic acids is 2. The first-order chi connectivity index (χ1) is 17.6. The van der Waals surface area contributed by atoms with Gasteiger partial charge in [-0.05, 0) is 6.42 Å². The largest absolute Gasteiger partial charge is 0.616 e. The Morgan fingerprint density at radius 2 is 1.36 bits per heavy atom. The number of carbonyl (C=O) groups is 2. The van der Waals surface area contributed by atoms with E-state index in [9.17, 15) is 14.1 Å². The molecule has 0 aliphatic heterocycles. The molecule has 1 atom stereocenters. The molecule has 5 nitrogen and oxygen atoms in total. The van der Waals surface area contributed by atoms with Gasteiger partial charge < -0.3 is 14.4 Å². The minimum Gasteiger partial charge on any atom is -0.616 e. The average Bonchev–Trinajstić information content (AvgIpc) is 2.87. The minimum absolute atomic E-state index is 0.0914. The van der Waals surface area contributed by atoms with E-state index < -0.39 is 11.2 Å². The molecule has 0 heterocycles. The molecule has 0 saturated heterocycles. The quantitative estimate of drug-likeness (QED) is 0.0410. The van der Waals surface area contributed by atoms with Gasteiger partial charge in [0.05, 0.1) is 12.4 Å².